The Hall–Kier alpha value is -5.87. The van der Waals surface area contributed by atoms with Crippen LogP contribution in [0, 0.1) is 41.5 Å². The monoisotopic (exact) mass is 878 g/mol. The molecule has 0 N–H and O–H groups in total. The van der Waals surface area contributed by atoms with E-state index in [4.69, 9.17) is 0 Å². The minimum absolute atomic E-state index is 0.00865. The molecule has 0 unspecified atom stereocenters. The average Bonchev–Trinajstić information content (AvgIpc) is 3.28. The van der Waals surface area contributed by atoms with Crippen LogP contribution in [-0.4, -0.2) is 39.0 Å². The van der Waals surface area contributed by atoms with Crippen LogP contribution in [0.25, 0.3) is 0 Å². The summed E-state index contributed by atoms with van der Waals surface area (Å²) < 4.78 is 23.9. The molecule has 2 amide bonds. The number of aryl methyl sites for hydroxylation is 1. The molecule has 7 aromatic rings. The zero-order chi connectivity index (χ0) is 45.0. The first-order valence-corrected chi connectivity index (χ1v) is 24.5. The Labute approximate surface area is 377 Å². The Morgan fingerprint density at radius 1 is 0.403 bits per heavy atom. The number of hydrogen-bond donors (Lipinski definition) is 0. The Bertz CT molecular complexity index is 2650. The molecule has 0 aliphatic heterocycles. The van der Waals surface area contributed by atoms with Crippen LogP contribution in [0.2, 0.25) is 0 Å². The summed E-state index contributed by atoms with van der Waals surface area (Å²) in [5.74, 6) is -0.210. The van der Waals surface area contributed by atoms with Gasteiger partial charge in [0, 0.05) is 49.9 Å². The highest BCUT2D eigenvalue weighted by Gasteiger charge is 2.25. The zero-order valence-electron chi connectivity index (χ0n) is 36.8. The smallest absolute Gasteiger partial charge is 0.263 e. The van der Waals surface area contributed by atoms with Gasteiger partial charge in [0.05, 0.1) is 4.90 Å². The maximum Gasteiger partial charge on any atom is 0.263 e. The molecule has 0 aliphatic rings. The summed E-state index contributed by atoms with van der Waals surface area (Å²) in [6, 6.07) is 51.9. The van der Waals surface area contributed by atoms with Crippen molar-refractivity contribution in [3.05, 3.63) is 208 Å². The standard InChI is InChI=1S/C22H21NO3S.C22H21NOS.C9H12S/c1-16-17(2)21(27(3,25)26)15-14-20(16)22(24)23(18-10-6-4-7-11-18)19-12-8-5-9-13-19;1-16-17(2)21(25-3)15-14-20(16)22(24)23(18-10-6-4-7-11-18)19-12-8-5-9-13-19;1-7-5-4-6-9(10-3)8(7)2/h4-15H,1-3H3;4-15H,1-3H3;4-6H,1-3H3. The lowest BCUT2D eigenvalue weighted by atomic mass is 10.0. The predicted octanol–water partition coefficient (Wildman–Crippen LogP) is 13.7. The quantitative estimate of drug-likeness (QED) is 0.135. The first-order chi connectivity index (χ1) is 29.7. The Morgan fingerprint density at radius 3 is 1.11 bits per heavy atom. The van der Waals surface area contributed by atoms with E-state index in [1.807, 2.05) is 152 Å². The lowest BCUT2D eigenvalue weighted by molar-refractivity contribution is 0.0990. The highest BCUT2D eigenvalue weighted by Crippen LogP contribution is 2.32. The van der Waals surface area contributed by atoms with Crippen LogP contribution in [0.1, 0.15) is 54.1 Å². The summed E-state index contributed by atoms with van der Waals surface area (Å²) in [4.78, 5) is 33.2. The molecule has 62 heavy (non-hydrogen) atoms. The summed E-state index contributed by atoms with van der Waals surface area (Å²) in [6.45, 7) is 11.9. The number of anilines is 4. The number of amides is 2. The molecule has 6 nitrogen and oxygen atoms in total. The van der Waals surface area contributed by atoms with Crippen molar-refractivity contribution in [2.75, 3.05) is 28.6 Å². The van der Waals surface area contributed by atoms with Gasteiger partial charge in [-0.2, -0.15) is 0 Å². The molecule has 0 saturated heterocycles. The van der Waals surface area contributed by atoms with Crippen LogP contribution in [0.3, 0.4) is 0 Å². The van der Waals surface area contributed by atoms with E-state index in [0.29, 0.717) is 16.7 Å². The van der Waals surface area contributed by atoms with Crippen LogP contribution >= 0.6 is 23.5 Å². The van der Waals surface area contributed by atoms with E-state index in [2.05, 4.69) is 51.5 Å². The molecular formula is C53H54N2O4S3. The van der Waals surface area contributed by atoms with Gasteiger partial charge in [-0.1, -0.05) is 84.9 Å². The van der Waals surface area contributed by atoms with E-state index in [9.17, 15) is 18.0 Å². The third-order valence-corrected chi connectivity index (χ3v) is 13.8. The number of hydrogen-bond acceptors (Lipinski definition) is 6. The fourth-order valence-corrected chi connectivity index (χ4v) is 9.31. The molecule has 7 aromatic carbocycles. The van der Waals surface area contributed by atoms with Gasteiger partial charge in [-0.15, -0.1) is 23.5 Å². The summed E-state index contributed by atoms with van der Waals surface area (Å²) in [5.41, 5.74) is 10.7. The average molecular weight is 879 g/mol. The van der Waals surface area contributed by atoms with E-state index < -0.39 is 9.84 Å². The second-order valence-corrected chi connectivity index (χ2v) is 18.4. The van der Waals surface area contributed by atoms with Crippen molar-refractivity contribution in [3.8, 4) is 0 Å². The number of thioether (sulfide) groups is 2. The molecule has 318 valence electrons. The van der Waals surface area contributed by atoms with E-state index in [1.165, 1.54) is 38.8 Å². The van der Waals surface area contributed by atoms with E-state index in [0.717, 1.165) is 33.9 Å². The Morgan fingerprint density at radius 2 is 0.758 bits per heavy atom. The second kappa shape index (κ2) is 21.8. The highest BCUT2D eigenvalue weighted by molar-refractivity contribution is 7.98. The molecule has 0 saturated carbocycles. The van der Waals surface area contributed by atoms with E-state index in [1.54, 1.807) is 41.5 Å². The molecule has 0 fully saturated rings. The molecular weight excluding hydrogens is 825 g/mol. The second-order valence-electron chi connectivity index (χ2n) is 14.7. The summed E-state index contributed by atoms with van der Waals surface area (Å²) in [7, 11) is -3.35. The molecule has 0 spiro atoms. The molecule has 0 heterocycles. The van der Waals surface area contributed by atoms with E-state index in [-0.39, 0.29) is 16.7 Å². The fraction of sp³-hybridized carbons (Fsp3) is 0.170. The maximum atomic E-state index is 13.5. The number of nitrogens with zero attached hydrogens (tertiary/aromatic N) is 2. The van der Waals surface area contributed by atoms with Crippen molar-refractivity contribution >= 4 is 67.9 Å². The largest absolute Gasteiger partial charge is 0.277 e. The fourth-order valence-electron chi connectivity index (χ4n) is 6.94. The molecule has 0 radical (unpaired) electrons. The van der Waals surface area contributed by atoms with Gasteiger partial charge in [0.25, 0.3) is 11.8 Å². The molecule has 0 aliphatic carbocycles. The van der Waals surface area contributed by atoms with Crippen LogP contribution < -0.4 is 9.80 Å². The van der Waals surface area contributed by atoms with Gasteiger partial charge in [0.1, 0.15) is 0 Å². The number of sulfone groups is 1. The third kappa shape index (κ3) is 11.3. The number of rotatable bonds is 9. The number of carbonyl (C=O) groups excluding carboxylic acids is 2. The molecule has 0 atom stereocenters. The molecule has 9 heteroatoms. The van der Waals surface area contributed by atoms with Gasteiger partial charge in [0.2, 0.25) is 0 Å². The van der Waals surface area contributed by atoms with Crippen molar-refractivity contribution in [3.63, 3.8) is 0 Å². The first-order valence-electron chi connectivity index (χ1n) is 20.1. The van der Waals surface area contributed by atoms with Crippen molar-refractivity contribution in [1.29, 1.82) is 0 Å². The topological polar surface area (TPSA) is 74.8 Å². The van der Waals surface area contributed by atoms with Gasteiger partial charge in [0.15, 0.2) is 9.84 Å². The van der Waals surface area contributed by atoms with Gasteiger partial charge >= 0.3 is 0 Å². The van der Waals surface area contributed by atoms with Gasteiger partial charge in [-0.25, -0.2) is 8.42 Å². The SMILES string of the molecule is CSc1ccc(C(=O)N(c2ccccc2)c2ccccc2)c(C)c1C.CSc1cccc(C)c1C.Cc1c(C(=O)N(c2ccccc2)c2ccccc2)ccc(S(C)(=O)=O)c1C. The minimum Gasteiger partial charge on any atom is -0.277 e. The Balaban J connectivity index is 0.000000193. The summed E-state index contributed by atoms with van der Waals surface area (Å²) >= 11 is 3.52. The van der Waals surface area contributed by atoms with Crippen LogP contribution in [-0.2, 0) is 9.84 Å². The molecule has 0 aromatic heterocycles. The molecule has 0 bridgehead atoms. The zero-order valence-corrected chi connectivity index (χ0v) is 39.3. The minimum atomic E-state index is -3.35. The summed E-state index contributed by atoms with van der Waals surface area (Å²) in [5, 5.41) is 0. The highest BCUT2D eigenvalue weighted by atomic mass is 32.2. The maximum absolute atomic E-state index is 13.5. The van der Waals surface area contributed by atoms with Gasteiger partial charge in [-0.05, 0) is 166 Å². The van der Waals surface area contributed by atoms with Crippen LogP contribution in [0.4, 0.5) is 22.7 Å². The van der Waals surface area contributed by atoms with Gasteiger partial charge in [-0.3, -0.25) is 19.4 Å². The third-order valence-electron chi connectivity index (χ3n) is 10.8. The van der Waals surface area contributed by atoms with E-state index >= 15 is 0 Å². The lowest BCUT2D eigenvalue weighted by Crippen LogP contribution is -2.27. The van der Waals surface area contributed by atoms with Crippen LogP contribution in [0.5, 0.6) is 0 Å². The molecule has 7 rings (SSSR count). The predicted molar refractivity (Wildman–Crippen MR) is 263 cm³/mol. The number of para-hydroxylation sites is 4. The number of benzene rings is 7. The Kier molecular flexibility index (Phi) is 16.6. The van der Waals surface area contributed by atoms with Crippen molar-refractivity contribution in [1.82, 2.24) is 0 Å². The first kappa shape index (κ1) is 47.2. The van der Waals surface area contributed by atoms with Crippen LogP contribution in [0.15, 0.2) is 178 Å². The van der Waals surface area contributed by atoms with Crippen molar-refractivity contribution in [2.24, 2.45) is 0 Å². The lowest BCUT2D eigenvalue weighted by Gasteiger charge is -2.24. The number of carbonyl (C=O) groups is 2. The van der Waals surface area contributed by atoms with Gasteiger partial charge < -0.3 is 0 Å². The normalized spacial score (nSPS) is 10.7. The van der Waals surface area contributed by atoms with Crippen molar-refractivity contribution in [2.45, 2.75) is 56.2 Å². The van der Waals surface area contributed by atoms with Crippen molar-refractivity contribution < 1.29 is 18.0 Å². The summed E-state index contributed by atoms with van der Waals surface area (Å²) in [6.07, 6.45) is 5.35.